The molecule has 0 radical (unpaired) electrons. The lowest BCUT2D eigenvalue weighted by molar-refractivity contribution is 0.394. The van der Waals surface area contributed by atoms with Crippen molar-refractivity contribution >= 4 is 26.9 Å². The molecule has 0 aliphatic rings. The van der Waals surface area contributed by atoms with Gasteiger partial charge in [-0.2, -0.15) is 0 Å². The third kappa shape index (κ3) is 3.31. The number of furan rings is 1. The number of para-hydroxylation sites is 1. The highest BCUT2D eigenvalue weighted by molar-refractivity contribution is 9.10. The van der Waals surface area contributed by atoms with E-state index in [1.807, 2.05) is 12.1 Å². The van der Waals surface area contributed by atoms with Gasteiger partial charge in [0, 0.05) is 18.5 Å². The van der Waals surface area contributed by atoms with E-state index in [0.29, 0.717) is 0 Å². The molecule has 0 unspecified atom stereocenters. The first-order valence-electron chi connectivity index (χ1n) is 5.69. The molecule has 0 fully saturated rings. The fraction of sp³-hybridized carbons (Fsp3) is 0.385. The summed E-state index contributed by atoms with van der Waals surface area (Å²) in [7, 11) is 4.14. The Balaban J connectivity index is 1.98. The van der Waals surface area contributed by atoms with Gasteiger partial charge in [0.05, 0.1) is 11.0 Å². The quantitative estimate of drug-likeness (QED) is 0.860. The van der Waals surface area contributed by atoms with Gasteiger partial charge >= 0.3 is 0 Å². The molecular weight excluding hydrogens is 280 g/mol. The second-order valence-electron chi connectivity index (χ2n) is 4.35. The number of hydrogen-bond acceptors (Lipinski definition) is 3. The SMILES string of the molecule is CN(C)CCNCc1cc2cccc(Br)c2o1. The second kappa shape index (κ2) is 5.67. The van der Waals surface area contributed by atoms with E-state index in [1.54, 1.807) is 0 Å². The van der Waals surface area contributed by atoms with Gasteiger partial charge in [0.1, 0.15) is 11.3 Å². The van der Waals surface area contributed by atoms with E-state index in [-0.39, 0.29) is 0 Å². The molecule has 0 amide bonds. The Morgan fingerprint density at radius 3 is 2.88 bits per heavy atom. The lowest BCUT2D eigenvalue weighted by Crippen LogP contribution is -2.25. The fourth-order valence-corrected chi connectivity index (χ4v) is 2.14. The second-order valence-corrected chi connectivity index (χ2v) is 5.21. The van der Waals surface area contributed by atoms with E-state index >= 15 is 0 Å². The summed E-state index contributed by atoms with van der Waals surface area (Å²) < 4.78 is 6.79. The summed E-state index contributed by atoms with van der Waals surface area (Å²) in [6.45, 7) is 2.77. The molecule has 92 valence electrons. The van der Waals surface area contributed by atoms with Gasteiger partial charge in [0.15, 0.2) is 0 Å². The van der Waals surface area contributed by atoms with E-state index < -0.39 is 0 Å². The monoisotopic (exact) mass is 296 g/mol. The fourth-order valence-electron chi connectivity index (χ4n) is 1.68. The summed E-state index contributed by atoms with van der Waals surface area (Å²) in [6.07, 6.45) is 0. The highest BCUT2D eigenvalue weighted by Gasteiger charge is 2.05. The first-order valence-corrected chi connectivity index (χ1v) is 6.48. The van der Waals surface area contributed by atoms with Crippen LogP contribution in [0.3, 0.4) is 0 Å². The summed E-state index contributed by atoms with van der Waals surface area (Å²) in [5, 5.41) is 4.51. The number of likely N-dealkylation sites (N-methyl/N-ethyl adjacent to an activating group) is 1. The standard InChI is InChI=1S/C13H17BrN2O/c1-16(2)7-6-15-9-11-8-10-4-3-5-12(14)13(10)17-11/h3-5,8,15H,6-7,9H2,1-2H3. The molecule has 0 spiro atoms. The molecule has 1 aromatic heterocycles. The number of nitrogens with zero attached hydrogens (tertiary/aromatic N) is 1. The van der Waals surface area contributed by atoms with Crippen LogP contribution in [-0.4, -0.2) is 32.1 Å². The van der Waals surface area contributed by atoms with Crippen LogP contribution in [0.4, 0.5) is 0 Å². The third-order valence-corrected chi connectivity index (χ3v) is 3.21. The molecule has 0 aliphatic heterocycles. The zero-order valence-corrected chi connectivity index (χ0v) is 11.8. The van der Waals surface area contributed by atoms with Gasteiger partial charge in [-0.3, -0.25) is 0 Å². The molecule has 0 saturated carbocycles. The predicted molar refractivity (Wildman–Crippen MR) is 74.2 cm³/mol. The van der Waals surface area contributed by atoms with Crippen LogP contribution in [0.5, 0.6) is 0 Å². The molecule has 4 heteroatoms. The van der Waals surface area contributed by atoms with Gasteiger partial charge in [-0.25, -0.2) is 0 Å². The van der Waals surface area contributed by atoms with Crippen molar-refractivity contribution in [2.75, 3.05) is 27.2 Å². The normalized spacial score (nSPS) is 11.5. The number of benzene rings is 1. The van der Waals surface area contributed by atoms with Crippen molar-refractivity contribution in [2.24, 2.45) is 0 Å². The summed E-state index contributed by atoms with van der Waals surface area (Å²) >= 11 is 3.49. The Morgan fingerprint density at radius 1 is 1.35 bits per heavy atom. The summed E-state index contributed by atoms with van der Waals surface area (Å²) in [5.74, 6) is 0.977. The van der Waals surface area contributed by atoms with Crippen LogP contribution in [0.2, 0.25) is 0 Å². The maximum Gasteiger partial charge on any atom is 0.148 e. The Kier molecular flexibility index (Phi) is 4.20. The van der Waals surface area contributed by atoms with Crippen molar-refractivity contribution in [1.29, 1.82) is 0 Å². The molecule has 0 aliphatic carbocycles. The minimum Gasteiger partial charge on any atom is -0.459 e. The molecule has 2 aromatic rings. The van der Waals surface area contributed by atoms with Crippen LogP contribution in [0.15, 0.2) is 33.2 Å². The van der Waals surface area contributed by atoms with Crippen molar-refractivity contribution in [3.8, 4) is 0 Å². The van der Waals surface area contributed by atoms with Crippen molar-refractivity contribution in [1.82, 2.24) is 10.2 Å². The Hall–Kier alpha value is -0.840. The lowest BCUT2D eigenvalue weighted by Gasteiger charge is -2.09. The molecule has 1 heterocycles. The molecule has 1 N–H and O–H groups in total. The highest BCUT2D eigenvalue weighted by Crippen LogP contribution is 2.26. The lowest BCUT2D eigenvalue weighted by atomic mass is 10.2. The predicted octanol–water partition coefficient (Wildman–Crippen LogP) is 2.85. The van der Waals surface area contributed by atoms with Gasteiger partial charge in [-0.1, -0.05) is 12.1 Å². The molecule has 3 nitrogen and oxygen atoms in total. The molecule has 2 rings (SSSR count). The molecule has 0 atom stereocenters. The summed E-state index contributed by atoms with van der Waals surface area (Å²) in [6, 6.07) is 8.16. The smallest absolute Gasteiger partial charge is 0.148 e. The first kappa shape index (κ1) is 12.6. The van der Waals surface area contributed by atoms with E-state index in [9.17, 15) is 0 Å². The number of hydrogen-bond donors (Lipinski definition) is 1. The largest absolute Gasteiger partial charge is 0.459 e. The Labute approximate surface area is 110 Å². The van der Waals surface area contributed by atoms with E-state index in [2.05, 4.69) is 52.4 Å². The Bertz CT molecular complexity index is 493. The van der Waals surface area contributed by atoms with Gasteiger partial charge < -0.3 is 14.6 Å². The number of halogens is 1. The molecule has 0 bridgehead atoms. The van der Waals surface area contributed by atoms with Gasteiger partial charge in [-0.15, -0.1) is 0 Å². The minimum absolute atomic E-state index is 0.773. The Morgan fingerprint density at radius 2 is 2.18 bits per heavy atom. The maximum absolute atomic E-state index is 5.78. The topological polar surface area (TPSA) is 28.4 Å². The van der Waals surface area contributed by atoms with Crippen molar-refractivity contribution < 1.29 is 4.42 Å². The molecule has 17 heavy (non-hydrogen) atoms. The van der Waals surface area contributed by atoms with Crippen molar-refractivity contribution in [3.05, 3.63) is 34.5 Å². The van der Waals surface area contributed by atoms with Gasteiger partial charge in [0.2, 0.25) is 0 Å². The van der Waals surface area contributed by atoms with Crippen LogP contribution in [-0.2, 0) is 6.54 Å². The molecule has 1 aromatic carbocycles. The van der Waals surface area contributed by atoms with Crippen LogP contribution >= 0.6 is 15.9 Å². The maximum atomic E-state index is 5.78. The molecular formula is C13H17BrN2O. The first-order chi connectivity index (χ1) is 8.16. The number of rotatable bonds is 5. The van der Waals surface area contributed by atoms with E-state index in [4.69, 9.17) is 4.42 Å². The van der Waals surface area contributed by atoms with Crippen molar-refractivity contribution in [3.63, 3.8) is 0 Å². The average Bonchev–Trinajstić information content (AvgIpc) is 2.69. The van der Waals surface area contributed by atoms with E-state index in [0.717, 1.165) is 40.8 Å². The van der Waals surface area contributed by atoms with E-state index in [1.165, 1.54) is 0 Å². The number of fused-ring (bicyclic) bond motifs is 1. The van der Waals surface area contributed by atoms with Crippen molar-refractivity contribution in [2.45, 2.75) is 6.54 Å². The minimum atomic E-state index is 0.773. The zero-order chi connectivity index (χ0) is 12.3. The third-order valence-electron chi connectivity index (χ3n) is 2.58. The average molecular weight is 297 g/mol. The molecule has 0 saturated heterocycles. The van der Waals surface area contributed by atoms with Crippen LogP contribution in [0.1, 0.15) is 5.76 Å². The number of nitrogens with one attached hydrogen (secondary N) is 1. The van der Waals surface area contributed by atoms with Crippen LogP contribution in [0, 0.1) is 0 Å². The van der Waals surface area contributed by atoms with Crippen LogP contribution in [0.25, 0.3) is 11.0 Å². The van der Waals surface area contributed by atoms with Crippen LogP contribution < -0.4 is 5.32 Å². The highest BCUT2D eigenvalue weighted by atomic mass is 79.9. The zero-order valence-electron chi connectivity index (χ0n) is 10.2. The summed E-state index contributed by atoms with van der Waals surface area (Å²) in [5.41, 5.74) is 0.928. The van der Waals surface area contributed by atoms with Gasteiger partial charge in [0.25, 0.3) is 0 Å². The summed E-state index contributed by atoms with van der Waals surface area (Å²) in [4.78, 5) is 2.15. The van der Waals surface area contributed by atoms with Gasteiger partial charge in [-0.05, 0) is 42.2 Å².